The summed E-state index contributed by atoms with van der Waals surface area (Å²) in [5.74, 6) is 2.67. The van der Waals surface area contributed by atoms with Gasteiger partial charge in [0.2, 0.25) is 8.07 Å². The summed E-state index contributed by atoms with van der Waals surface area (Å²) in [7, 11) is -2.27. The molecule has 1 aromatic rings. The van der Waals surface area contributed by atoms with Crippen molar-refractivity contribution in [2.75, 3.05) is 0 Å². The Hall–Kier alpha value is -1.88. The fourth-order valence-electron chi connectivity index (χ4n) is 1.83. The normalized spacial score (nSPS) is 9.88. The molecule has 0 N–H and O–H groups in total. The monoisotopic (exact) mass is 222 g/mol. The zero-order valence-corrected chi connectivity index (χ0v) is 10.5. The average molecular weight is 222 g/mol. The quantitative estimate of drug-likeness (QED) is 0.542. The van der Waals surface area contributed by atoms with Gasteiger partial charge in [0.25, 0.3) is 0 Å². The molecule has 0 aliphatic heterocycles. The maximum atomic E-state index is 5.66. The van der Waals surface area contributed by atoms with Crippen LogP contribution < -0.4 is 5.19 Å². The van der Waals surface area contributed by atoms with Crippen molar-refractivity contribution >= 4 is 13.3 Å². The van der Waals surface area contributed by atoms with E-state index in [2.05, 4.69) is 23.9 Å². The van der Waals surface area contributed by atoms with Gasteiger partial charge < -0.3 is 0 Å². The molecule has 0 saturated carbocycles. The van der Waals surface area contributed by atoms with Gasteiger partial charge in [0.1, 0.15) is 0 Å². The number of hydrogen-bond acceptors (Lipinski definition) is 0. The van der Waals surface area contributed by atoms with Gasteiger partial charge in [-0.05, 0) is 17.3 Å². The van der Waals surface area contributed by atoms with Gasteiger partial charge in [0.05, 0.1) is 0 Å². The van der Waals surface area contributed by atoms with E-state index < -0.39 is 8.07 Å². The molecule has 0 radical (unpaired) electrons. The number of rotatable bonds is 3. The topological polar surface area (TPSA) is 0 Å². The van der Waals surface area contributed by atoms with Crippen LogP contribution in [0.2, 0.25) is 6.04 Å². The smallest absolute Gasteiger partial charge is 0.126 e. The third-order valence-electron chi connectivity index (χ3n) is 2.66. The highest BCUT2D eigenvalue weighted by Gasteiger charge is 2.32. The summed E-state index contributed by atoms with van der Waals surface area (Å²) in [4.78, 5) is 0. The van der Waals surface area contributed by atoms with Crippen LogP contribution in [-0.4, -0.2) is 8.07 Å². The van der Waals surface area contributed by atoms with Gasteiger partial charge in [-0.1, -0.05) is 37.5 Å². The fourth-order valence-corrected chi connectivity index (χ4v) is 4.53. The SMILES string of the molecule is C#Cc1ccccc1[Si](C#C)(C#C)CCC. The lowest BCUT2D eigenvalue weighted by molar-refractivity contribution is 1.06. The van der Waals surface area contributed by atoms with Crippen molar-refractivity contribution in [3.05, 3.63) is 29.8 Å². The molecule has 0 aliphatic carbocycles. The lowest BCUT2D eigenvalue weighted by Crippen LogP contribution is -2.47. The van der Waals surface area contributed by atoms with Gasteiger partial charge >= 0.3 is 0 Å². The predicted molar refractivity (Wildman–Crippen MR) is 72.5 cm³/mol. The Kier molecular flexibility index (Phi) is 4.01. The number of benzene rings is 1. The van der Waals surface area contributed by atoms with E-state index in [1.807, 2.05) is 24.3 Å². The average Bonchev–Trinajstić information content (AvgIpc) is 2.36. The first kappa shape index (κ1) is 12.2. The Bertz CT molecular complexity index is 477. The van der Waals surface area contributed by atoms with Gasteiger partial charge in [-0.25, -0.2) is 0 Å². The van der Waals surface area contributed by atoms with Crippen molar-refractivity contribution in [2.45, 2.75) is 19.4 Å². The number of terminal acetylenes is 3. The van der Waals surface area contributed by atoms with Gasteiger partial charge in [-0.3, -0.25) is 0 Å². The summed E-state index contributed by atoms with van der Waals surface area (Å²) in [5, 5.41) is 1.03. The molecule has 0 aliphatic rings. The Morgan fingerprint density at radius 3 is 2.25 bits per heavy atom. The summed E-state index contributed by atoms with van der Waals surface area (Å²) < 4.78 is 0. The minimum atomic E-state index is -2.27. The van der Waals surface area contributed by atoms with E-state index in [1.54, 1.807) is 0 Å². The third-order valence-corrected chi connectivity index (χ3v) is 6.25. The molecule has 0 amide bonds. The maximum absolute atomic E-state index is 5.66. The maximum Gasteiger partial charge on any atom is 0.246 e. The molecule has 1 heteroatoms. The zero-order chi connectivity index (χ0) is 12.0. The lowest BCUT2D eigenvalue weighted by Gasteiger charge is -2.20. The lowest BCUT2D eigenvalue weighted by atomic mass is 10.2. The van der Waals surface area contributed by atoms with Crippen LogP contribution in [0.4, 0.5) is 0 Å². The van der Waals surface area contributed by atoms with Crippen LogP contribution in [0.25, 0.3) is 0 Å². The van der Waals surface area contributed by atoms with E-state index >= 15 is 0 Å². The van der Waals surface area contributed by atoms with Gasteiger partial charge in [0.15, 0.2) is 0 Å². The fraction of sp³-hybridized carbons (Fsp3) is 0.200. The van der Waals surface area contributed by atoms with E-state index in [-0.39, 0.29) is 0 Å². The summed E-state index contributed by atoms with van der Waals surface area (Å²) in [6, 6.07) is 8.63. The molecule has 0 atom stereocenters. The van der Waals surface area contributed by atoms with E-state index in [0.29, 0.717) is 0 Å². The molecule has 0 saturated heterocycles. The van der Waals surface area contributed by atoms with Crippen molar-refractivity contribution in [3.63, 3.8) is 0 Å². The van der Waals surface area contributed by atoms with Crippen LogP contribution in [0.15, 0.2) is 24.3 Å². The molecule has 0 fully saturated rings. The highest BCUT2D eigenvalue weighted by molar-refractivity contribution is 7.04. The van der Waals surface area contributed by atoms with E-state index in [0.717, 1.165) is 23.2 Å². The molecule has 1 rings (SSSR count). The summed E-state index contributed by atoms with van der Waals surface area (Å²) in [6.07, 6.45) is 17.8. The molecular formula is C15H14Si. The van der Waals surface area contributed by atoms with E-state index in [1.165, 1.54) is 0 Å². The largest absolute Gasteiger partial charge is 0.246 e. The van der Waals surface area contributed by atoms with Gasteiger partial charge in [-0.2, -0.15) is 0 Å². The molecule has 0 bridgehead atoms. The van der Waals surface area contributed by atoms with Crippen molar-refractivity contribution in [2.24, 2.45) is 0 Å². The van der Waals surface area contributed by atoms with Crippen molar-refractivity contribution < 1.29 is 0 Å². The molecule has 0 aromatic heterocycles. The Balaban J connectivity index is 3.41. The minimum Gasteiger partial charge on any atom is -0.126 e. The molecule has 1 aromatic carbocycles. The molecule has 78 valence electrons. The molecular weight excluding hydrogens is 208 g/mol. The second-order valence-electron chi connectivity index (χ2n) is 3.63. The minimum absolute atomic E-state index is 0.846. The summed E-state index contributed by atoms with van der Waals surface area (Å²) >= 11 is 0. The van der Waals surface area contributed by atoms with Crippen LogP contribution in [0.3, 0.4) is 0 Å². The Labute approximate surface area is 99.1 Å². The highest BCUT2D eigenvalue weighted by Crippen LogP contribution is 2.13. The van der Waals surface area contributed by atoms with Crippen LogP contribution >= 0.6 is 0 Å². The molecule has 0 spiro atoms. The molecule has 0 nitrogen and oxygen atoms in total. The molecule has 16 heavy (non-hydrogen) atoms. The second-order valence-corrected chi connectivity index (χ2v) is 7.06. The standard InChI is InChI=1S/C15H14Si/c1-5-13-16(7-3,8-4)15-12-10-9-11-14(15)6-2/h2-4,9-12H,5,13H2,1H3. The van der Waals surface area contributed by atoms with Gasteiger partial charge in [-0.15, -0.1) is 30.4 Å². The third kappa shape index (κ3) is 2.04. The predicted octanol–water partition coefficient (Wildman–Crippen LogP) is 2.08. The van der Waals surface area contributed by atoms with Crippen molar-refractivity contribution in [3.8, 4) is 36.3 Å². The summed E-state index contributed by atoms with van der Waals surface area (Å²) in [6.45, 7) is 2.09. The van der Waals surface area contributed by atoms with Crippen LogP contribution in [-0.2, 0) is 0 Å². The van der Waals surface area contributed by atoms with Gasteiger partial charge in [0, 0.05) is 5.56 Å². The van der Waals surface area contributed by atoms with Crippen molar-refractivity contribution in [1.29, 1.82) is 0 Å². The first-order chi connectivity index (χ1) is 7.74. The Morgan fingerprint density at radius 2 is 1.75 bits per heavy atom. The molecule has 0 unspecified atom stereocenters. The second kappa shape index (κ2) is 5.27. The van der Waals surface area contributed by atoms with E-state index in [4.69, 9.17) is 19.3 Å². The highest BCUT2D eigenvalue weighted by atomic mass is 28.3. The van der Waals surface area contributed by atoms with Crippen LogP contribution in [0.5, 0.6) is 0 Å². The number of hydrogen-bond donors (Lipinski definition) is 0. The zero-order valence-electron chi connectivity index (χ0n) is 9.46. The van der Waals surface area contributed by atoms with E-state index in [9.17, 15) is 0 Å². The van der Waals surface area contributed by atoms with Crippen LogP contribution in [0, 0.1) is 36.3 Å². The Morgan fingerprint density at radius 1 is 1.12 bits per heavy atom. The molecule has 0 heterocycles. The van der Waals surface area contributed by atoms with Crippen molar-refractivity contribution in [1.82, 2.24) is 0 Å². The first-order valence-electron chi connectivity index (χ1n) is 5.25. The van der Waals surface area contributed by atoms with Crippen LogP contribution in [0.1, 0.15) is 18.9 Å². The first-order valence-corrected chi connectivity index (χ1v) is 7.46. The summed E-state index contributed by atoms with van der Waals surface area (Å²) in [5.41, 5.74) is 6.57.